The Morgan fingerprint density at radius 1 is 1.41 bits per heavy atom. The highest BCUT2D eigenvalue weighted by atomic mass is 35.5. The molecule has 0 spiro atoms. The lowest BCUT2D eigenvalue weighted by molar-refractivity contribution is 0.0445. The molecule has 6 heteroatoms. The summed E-state index contributed by atoms with van der Waals surface area (Å²) in [5.41, 5.74) is 0. The first-order valence-corrected chi connectivity index (χ1v) is 8.62. The molecule has 1 fully saturated rings. The van der Waals surface area contributed by atoms with Crippen LogP contribution in [0, 0.1) is 0 Å². The molecule has 1 rings (SSSR count). The third kappa shape index (κ3) is 5.24. The fourth-order valence-corrected chi connectivity index (χ4v) is 3.81. The number of epoxide rings is 1. The van der Waals surface area contributed by atoms with Gasteiger partial charge in [-0.15, -0.1) is 11.6 Å². The van der Waals surface area contributed by atoms with Gasteiger partial charge in [-0.2, -0.15) is 0 Å². The van der Waals surface area contributed by atoms with Gasteiger partial charge in [-0.25, -0.2) is 0 Å². The number of rotatable bonds is 10. The van der Waals surface area contributed by atoms with E-state index in [0.29, 0.717) is 12.0 Å². The molecule has 0 bridgehead atoms. The second kappa shape index (κ2) is 7.71. The fraction of sp³-hybridized carbons (Fsp3) is 1.00. The molecule has 0 aromatic heterocycles. The van der Waals surface area contributed by atoms with Crippen molar-refractivity contribution in [1.29, 1.82) is 0 Å². The van der Waals surface area contributed by atoms with Crippen LogP contribution in [0.3, 0.4) is 0 Å². The molecule has 1 aliphatic heterocycles. The zero-order chi connectivity index (χ0) is 12.7. The van der Waals surface area contributed by atoms with E-state index in [1.165, 1.54) is 0 Å². The van der Waals surface area contributed by atoms with Gasteiger partial charge < -0.3 is 18.0 Å². The zero-order valence-corrected chi connectivity index (χ0v) is 12.7. The van der Waals surface area contributed by atoms with Gasteiger partial charge in [0.25, 0.3) is 0 Å². The Hall–Kier alpha value is 0.347. The summed E-state index contributed by atoms with van der Waals surface area (Å²) >= 11 is 5.73. The first-order valence-electron chi connectivity index (χ1n) is 6.15. The van der Waals surface area contributed by atoms with E-state index in [2.05, 4.69) is 0 Å². The van der Waals surface area contributed by atoms with Crippen LogP contribution in [0.1, 0.15) is 26.2 Å². The van der Waals surface area contributed by atoms with E-state index in [4.69, 9.17) is 29.6 Å². The Morgan fingerprint density at radius 2 is 2.06 bits per heavy atom. The van der Waals surface area contributed by atoms with E-state index in [9.17, 15) is 0 Å². The maximum atomic E-state index is 6.09. The molecule has 102 valence electrons. The van der Waals surface area contributed by atoms with Crippen LogP contribution in [0.2, 0.25) is 6.04 Å². The summed E-state index contributed by atoms with van der Waals surface area (Å²) in [6.07, 6.45) is 3.28. The molecular formula is C11H23ClO4Si. The van der Waals surface area contributed by atoms with Crippen molar-refractivity contribution in [3.8, 4) is 0 Å². The Balaban J connectivity index is 2.48. The monoisotopic (exact) mass is 282 g/mol. The summed E-state index contributed by atoms with van der Waals surface area (Å²) in [5, 5.41) is 0. The Labute approximate surface area is 110 Å². The normalized spacial score (nSPS) is 21.5. The summed E-state index contributed by atoms with van der Waals surface area (Å²) < 4.78 is 22.3. The summed E-state index contributed by atoms with van der Waals surface area (Å²) in [6, 6.07) is 0.781. The lowest BCUT2D eigenvalue weighted by atomic mass is 10.1. The summed E-state index contributed by atoms with van der Waals surface area (Å²) in [6.45, 7) is 2.88. The van der Waals surface area contributed by atoms with E-state index in [1.807, 2.05) is 6.92 Å². The first kappa shape index (κ1) is 15.4. The molecule has 0 N–H and O–H groups in total. The van der Waals surface area contributed by atoms with Crippen molar-refractivity contribution in [2.75, 3.05) is 26.7 Å². The van der Waals surface area contributed by atoms with Gasteiger partial charge in [0.15, 0.2) is 0 Å². The van der Waals surface area contributed by atoms with Crippen molar-refractivity contribution in [1.82, 2.24) is 0 Å². The summed E-state index contributed by atoms with van der Waals surface area (Å²) in [5.74, 6) is 0.659. The molecule has 0 saturated carbocycles. The molecule has 2 unspecified atom stereocenters. The van der Waals surface area contributed by atoms with Crippen molar-refractivity contribution in [3.63, 3.8) is 0 Å². The van der Waals surface area contributed by atoms with Gasteiger partial charge in [0.05, 0.1) is 18.8 Å². The van der Waals surface area contributed by atoms with Gasteiger partial charge in [-0.1, -0.05) is 6.92 Å². The van der Waals surface area contributed by atoms with E-state index >= 15 is 0 Å². The standard InChI is InChI=1S/C11H23ClO4Si/c1-4-17(13-2,14-3)16-10(6-5-7-12)8-11-9-15-11/h10-11H,4-9H2,1-3H3. The molecular weight excluding hydrogens is 260 g/mol. The third-order valence-corrected chi connectivity index (χ3v) is 6.06. The van der Waals surface area contributed by atoms with Crippen LogP contribution in [0.25, 0.3) is 0 Å². The van der Waals surface area contributed by atoms with Crippen molar-refractivity contribution in [2.45, 2.75) is 44.4 Å². The molecule has 1 saturated heterocycles. The van der Waals surface area contributed by atoms with Crippen molar-refractivity contribution < 1.29 is 18.0 Å². The Bertz CT molecular complexity index is 201. The summed E-state index contributed by atoms with van der Waals surface area (Å²) in [4.78, 5) is 0. The van der Waals surface area contributed by atoms with Crippen molar-refractivity contribution in [2.24, 2.45) is 0 Å². The second-order valence-corrected chi connectivity index (χ2v) is 7.71. The number of hydrogen-bond acceptors (Lipinski definition) is 4. The topological polar surface area (TPSA) is 40.2 Å². The molecule has 0 aliphatic carbocycles. The van der Waals surface area contributed by atoms with Crippen LogP contribution in [-0.4, -0.2) is 47.7 Å². The highest BCUT2D eigenvalue weighted by molar-refractivity contribution is 6.60. The van der Waals surface area contributed by atoms with Crippen LogP contribution < -0.4 is 0 Å². The van der Waals surface area contributed by atoms with Gasteiger partial charge in [0, 0.05) is 32.6 Å². The molecule has 2 atom stereocenters. The molecule has 0 aromatic carbocycles. The molecule has 0 amide bonds. The quantitative estimate of drug-likeness (QED) is 0.351. The van der Waals surface area contributed by atoms with Crippen LogP contribution in [0.5, 0.6) is 0 Å². The van der Waals surface area contributed by atoms with Crippen molar-refractivity contribution >= 4 is 20.4 Å². The number of alkyl halides is 1. The summed E-state index contributed by atoms with van der Waals surface area (Å²) in [7, 11) is 0.848. The first-order chi connectivity index (χ1) is 8.19. The highest BCUT2D eigenvalue weighted by Gasteiger charge is 2.40. The number of halogens is 1. The van der Waals surface area contributed by atoms with Gasteiger partial charge >= 0.3 is 8.80 Å². The Kier molecular flexibility index (Phi) is 6.99. The fourth-order valence-electron chi connectivity index (χ4n) is 1.83. The molecule has 0 aromatic rings. The predicted molar refractivity (Wildman–Crippen MR) is 69.4 cm³/mol. The van der Waals surface area contributed by atoms with E-state index in [1.54, 1.807) is 14.2 Å². The maximum absolute atomic E-state index is 6.09. The molecule has 17 heavy (non-hydrogen) atoms. The zero-order valence-electron chi connectivity index (χ0n) is 10.9. The second-order valence-electron chi connectivity index (χ2n) is 4.21. The average molecular weight is 283 g/mol. The van der Waals surface area contributed by atoms with E-state index < -0.39 is 8.80 Å². The van der Waals surface area contributed by atoms with Crippen molar-refractivity contribution in [3.05, 3.63) is 0 Å². The molecule has 4 nitrogen and oxygen atoms in total. The number of hydrogen-bond donors (Lipinski definition) is 0. The van der Waals surface area contributed by atoms with Gasteiger partial charge in [0.1, 0.15) is 0 Å². The van der Waals surface area contributed by atoms with Crippen LogP contribution in [0.4, 0.5) is 0 Å². The smallest absolute Gasteiger partial charge is 0.377 e. The average Bonchev–Trinajstić information content (AvgIpc) is 3.17. The van der Waals surface area contributed by atoms with Gasteiger partial charge in [-0.05, 0) is 12.8 Å². The molecule has 1 aliphatic rings. The van der Waals surface area contributed by atoms with E-state index in [0.717, 1.165) is 31.9 Å². The van der Waals surface area contributed by atoms with Crippen LogP contribution in [0.15, 0.2) is 0 Å². The predicted octanol–water partition coefficient (Wildman–Crippen LogP) is 2.43. The molecule has 1 heterocycles. The lowest BCUT2D eigenvalue weighted by Crippen LogP contribution is -2.46. The van der Waals surface area contributed by atoms with E-state index in [-0.39, 0.29) is 6.10 Å². The Morgan fingerprint density at radius 3 is 2.47 bits per heavy atom. The largest absolute Gasteiger partial charge is 0.500 e. The van der Waals surface area contributed by atoms with Crippen LogP contribution in [-0.2, 0) is 18.0 Å². The van der Waals surface area contributed by atoms with Gasteiger partial charge in [-0.3, -0.25) is 0 Å². The van der Waals surface area contributed by atoms with Gasteiger partial charge in [0.2, 0.25) is 0 Å². The minimum absolute atomic E-state index is 0.132. The SMILES string of the molecule is CC[Si](OC)(OC)OC(CCCCl)CC1CO1. The minimum atomic E-state index is -2.47. The minimum Gasteiger partial charge on any atom is -0.377 e. The maximum Gasteiger partial charge on any atom is 0.500 e. The highest BCUT2D eigenvalue weighted by Crippen LogP contribution is 2.25. The number of ether oxygens (including phenoxy) is 1. The lowest BCUT2D eigenvalue weighted by Gasteiger charge is -2.30. The molecule has 0 radical (unpaired) electrons. The van der Waals surface area contributed by atoms with Crippen LogP contribution >= 0.6 is 11.6 Å². The third-order valence-electron chi connectivity index (χ3n) is 2.99.